The predicted molar refractivity (Wildman–Crippen MR) is 82.4 cm³/mol. The second-order valence-corrected chi connectivity index (χ2v) is 5.51. The Morgan fingerprint density at radius 2 is 2.05 bits per heavy atom. The third kappa shape index (κ3) is 4.41. The van der Waals surface area contributed by atoms with E-state index < -0.39 is 5.82 Å². The van der Waals surface area contributed by atoms with E-state index in [0.29, 0.717) is 17.7 Å². The molecule has 1 heterocycles. The van der Waals surface area contributed by atoms with E-state index in [1.54, 1.807) is 12.1 Å². The van der Waals surface area contributed by atoms with Crippen LogP contribution in [0, 0.1) is 12.7 Å². The van der Waals surface area contributed by atoms with Crippen molar-refractivity contribution in [3.8, 4) is 11.6 Å². The van der Waals surface area contributed by atoms with E-state index >= 15 is 0 Å². The summed E-state index contributed by atoms with van der Waals surface area (Å²) >= 11 is 5.64. The van der Waals surface area contributed by atoms with E-state index in [9.17, 15) is 4.39 Å². The number of hydrogen-bond donors (Lipinski definition) is 1. The zero-order valence-corrected chi connectivity index (χ0v) is 13.0. The lowest BCUT2D eigenvalue weighted by molar-refractivity contribution is 0.456. The summed E-state index contributed by atoms with van der Waals surface area (Å²) in [5, 5.41) is 3.41. The SMILES string of the molecule is Cc1nc(Oc2ccc(Cl)c(F)c2)ccc1CNC(C)C. The molecule has 5 heteroatoms. The van der Waals surface area contributed by atoms with Crippen molar-refractivity contribution >= 4 is 11.6 Å². The van der Waals surface area contributed by atoms with Crippen LogP contribution in [0.3, 0.4) is 0 Å². The molecule has 3 nitrogen and oxygen atoms in total. The Balaban J connectivity index is 2.10. The molecule has 1 aromatic carbocycles. The van der Waals surface area contributed by atoms with Gasteiger partial charge in [0.15, 0.2) is 0 Å². The summed E-state index contributed by atoms with van der Waals surface area (Å²) in [5.74, 6) is 0.294. The van der Waals surface area contributed by atoms with E-state index in [2.05, 4.69) is 24.1 Å². The standard InChI is InChI=1S/C16H18ClFN2O/c1-10(2)19-9-12-4-7-16(20-11(12)3)21-13-5-6-14(17)15(18)8-13/h4-8,10,19H,9H2,1-3H3. The lowest BCUT2D eigenvalue weighted by Crippen LogP contribution is -2.22. The molecule has 0 aliphatic carbocycles. The average Bonchev–Trinajstić information content (AvgIpc) is 2.42. The van der Waals surface area contributed by atoms with Gasteiger partial charge in [0, 0.05) is 30.4 Å². The molecule has 0 bridgehead atoms. The molecule has 21 heavy (non-hydrogen) atoms. The summed E-state index contributed by atoms with van der Waals surface area (Å²) in [6.07, 6.45) is 0. The molecule has 0 saturated heterocycles. The fourth-order valence-electron chi connectivity index (χ4n) is 1.79. The first-order chi connectivity index (χ1) is 9.95. The van der Waals surface area contributed by atoms with Crippen LogP contribution < -0.4 is 10.1 Å². The van der Waals surface area contributed by atoms with Crippen molar-refractivity contribution in [1.82, 2.24) is 10.3 Å². The van der Waals surface area contributed by atoms with Crippen molar-refractivity contribution in [2.24, 2.45) is 0 Å². The average molecular weight is 309 g/mol. The first-order valence-electron chi connectivity index (χ1n) is 6.78. The van der Waals surface area contributed by atoms with E-state index in [0.717, 1.165) is 17.8 Å². The molecule has 0 saturated carbocycles. The molecule has 1 aromatic heterocycles. The smallest absolute Gasteiger partial charge is 0.219 e. The number of halogens is 2. The topological polar surface area (TPSA) is 34.1 Å². The van der Waals surface area contributed by atoms with Gasteiger partial charge in [0.25, 0.3) is 0 Å². The monoisotopic (exact) mass is 308 g/mol. The minimum Gasteiger partial charge on any atom is -0.439 e. The molecule has 0 atom stereocenters. The Kier molecular flexibility index (Phi) is 5.15. The number of benzene rings is 1. The van der Waals surface area contributed by atoms with Crippen molar-refractivity contribution in [3.05, 3.63) is 52.4 Å². The van der Waals surface area contributed by atoms with Gasteiger partial charge >= 0.3 is 0 Å². The highest BCUT2D eigenvalue weighted by atomic mass is 35.5. The fourth-order valence-corrected chi connectivity index (χ4v) is 1.90. The molecule has 112 valence electrons. The third-order valence-electron chi connectivity index (χ3n) is 2.98. The van der Waals surface area contributed by atoms with Gasteiger partial charge in [0.1, 0.15) is 11.6 Å². The van der Waals surface area contributed by atoms with E-state index in [1.165, 1.54) is 12.1 Å². The van der Waals surface area contributed by atoms with Gasteiger partial charge in [-0.25, -0.2) is 9.37 Å². The summed E-state index contributed by atoms with van der Waals surface area (Å²) in [6.45, 7) is 6.86. The maximum absolute atomic E-state index is 13.4. The summed E-state index contributed by atoms with van der Waals surface area (Å²) in [5.41, 5.74) is 1.99. The van der Waals surface area contributed by atoms with Crippen molar-refractivity contribution < 1.29 is 9.13 Å². The Bertz CT molecular complexity index is 632. The number of nitrogens with one attached hydrogen (secondary N) is 1. The number of ether oxygens (including phenoxy) is 1. The zero-order chi connectivity index (χ0) is 15.4. The maximum atomic E-state index is 13.4. The highest BCUT2D eigenvalue weighted by Crippen LogP contribution is 2.25. The van der Waals surface area contributed by atoms with Crippen LogP contribution >= 0.6 is 11.6 Å². The van der Waals surface area contributed by atoms with Gasteiger partial charge in [-0.05, 0) is 24.6 Å². The number of aromatic nitrogens is 1. The Labute approximate surface area is 129 Å². The minimum absolute atomic E-state index is 0.0709. The second kappa shape index (κ2) is 6.87. The van der Waals surface area contributed by atoms with Gasteiger partial charge in [0.05, 0.1) is 5.02 Å². The van der Waals surface area contributed by atoms with Crippen LogP contribution in [0.25, 0.3) is 0 Å². The molecular weight excluding hydrogens is 291 g/mol. The Hall–Kier alpha value is -1.65. The van der Waals surface area contributed by atoms with Crippen molar-refractivity contribution in [1.29, 1.82) is 0 Å². The zero-order valence-electron chi connectivity index (χ0n) is 12.3. The van der Waals surface area contributed by atoms with Crippen LogP contribution in [0.2, 0.25) is 5.02 Å². The van der Waals surface area contributed by atoms with Crippen LogP contribution in [-0.4, -0.2) is 11.0 Å². The molecule has 0 spiro atoms. The van der Waals surface area contributed by atoms with Crippen molar-refractivity contribution in [3.63, 3.8) is 0 Å². The van der Waals surface area contributed by atoms with Crippen LogP contribution in [0.1, 0.15) is 25.1 Å². The van der Waals surface area contributed by atoms with Crippen LogP contribution in [-0.2, 0) is 6.54 Å². The largest absolute Gasteiger partial charge is 0.439 e. The number of aryl methyl sites for hydroxylation is 1. The van der Waals surface area contributed by atoms with Crippen molar-refractivity contribution in [2.75, 3.05) is 0 Å². The Morgan fingerprint density at radius 3 is 2.67 bits per heavy atom. The van der Waals surface area contributed by atoms with Crippen LogP contribution in [0.15, 0.2) is 30.3 Å². The van der Waals surface area contributed by atoms with Crippen molar-refractivity contribution in [2.45, 2.75) is 33.4 Å². The summed E-state index contributed by atoms with van der Waals surface area (Å²) in [7, 11) is 0. The van der Waals surface area contributed by atoms with Gasteiger partial charge in [0.2, 0.25) is 5.88 Å². The maximum Gasteiger partial charge on any atom is 0.219 e. The predicted octanol–water partition coefficient (Wildman–Crippen LogP) is 4.47. The van der Waals surface area contributed by atoms with Gasteiger partial charge in [-0.3, -0.25) is 0 Å². The number of nitrogens with zero attached hydrogens (tertiary/aromatic N) is 1. The highest BCUT2D eigenvalue weighted by molar-refractivity contribution is 6.30. The van der Waals surface area contributed by atoms with E-state index in [1.807, 2.05) is 13.0 Å². The van der Waals surface area contributed by atoms with Gasteiger partial charge < -0.3 is 10.1 Å². The van der Waals surface area contributed by atoms with Crippen LogP contribution in [0.5, 0.6) is 11.6 Å². The van der Waals surface area contributed by atoms with E-state index in [4.69, 9.17) is 16.3 Å². The summed E-state index contributed by atoms with van der Waals surface area (Å²) < 4.78 is 18.9. The summed E-state index contributed by atoms with van der Waals surface area (Å²) in [6, 6.07) is 8.46. The van der Waals surface area contributed by atoms with E-state index in [-0.39, 0.29) is 5.02 Å². The third-order valence-corrected chi connectivity index (χ3v) is 3.29. The first-order valence-corrected chi connectivity index (χ1v) is 7.16. The molecule has 0 aliphatic heterocycles. The highest BCUT2D eigenvalue weighted by Gasteiger charge is 2.06. The Morgan fingerprint density at radius 1 is 1.29 bits per heavy atom. The molecule has 0 aliphatic rings. The molecule has 1 N–H and O–H groups in total. The molecule has 0 fully saturated rings. The number of pyridine rings is 1. The van der Waals surface area contributed by atoms with Gasteiger partial charge in [-0.15, -0.1) is 0 Å². The van der Waals surface area contributed by atoms with Gasteiger partial charge in [-0.2, -0.15) is 0 Å². The normalized spacial score (nSPS) is 11.0. The number of hydrogen-bond acceptors (Lipinski definition) is 3. The quantitative estimate of drug-likeness (QED) is 0.884. The lowest BCUT2D eigenvalue weighted by Gasteiger charge is -2.11. The fraction of sp³-hybridized carbons (Fsp3) is 0.312. The van der Waals surface area contributed by atoms with Crippen LogP contribution in [0.4, 0.5) is 4.39 Å². The second-order valence-electron chi connectivity index (χ2n) is 5.11. The molecular formula is C16H18ClFN2O. The molecule has 0 amide bonds. The first kappa shape index (κ1) is 15.7. The molecule has 2 aromatic rings. The summed E-state index contributed by atoms with van der Waals surface area (Å²) in [4.78, 5) is 4.38. The lowest BCUT2D eigenvalue weighted by atomic mass is 10.2. The minimum atomic E-state index is -0.511. The molecule has 2 rings (SSSR count). The molecule has 0 radical (unpaired) electrons. The number of rotatable bonds is 5. The van der Waals surface area contributed by atoms with Gasteiger partial charge in [-0.1, -0.05) is 31.5 Å². The molecule has 0 unspecified atom stereocenters.